The topological polar surface area (TPSA) is 104 Å². The molecule has 0 aliphatic carbocycles. The molecule has 7 nitrogen and oxygen atoms in total. The molecule has 3 amide bonds. The number of benzene rings is 3. The molecule has 0 aliphatic heterocycles. The number of aryl methyl sites for hydroxylation is 1. The summed E-state index contributed by atoms with van der Waals surface area (Å²) in [5.74, 6) is -10.5. The van der Waals surface area contributed by atoms with Crippen LogP contribution in [0.15, 0.2) is 72.4 Å². The Morgan fingerprint density at radius 1 is 0.804 bits per heavy atom. The number of halogens is 6. The van der Waals surface area contributed by atoms with E-state index in [1.807, 2.05) is 0 Å². The molecule has 244 valence electrons. The van der Waals surface area contributed by atoms with Gasteiger partial charge in [-0.05, 0) is 65.8 Å². The van der Waals surface area contributed by atoms with Gasteiger partial charge >= 0.3 is 5.92 Å². The Balaban J connectivity index is 1.78. The van der Waals surface area contributed by atoms with Crippen molar-refractivity contribution in [3.63, 3.8) is 0 Å². The summed E-state index contributed by atoms with van der Waals surface area (Å²) in [6.45, 7) is 2.74. The fourth-order valence-corrected chi connectivity index (χ4v) is 4.86. The molecule has 0 aliphatic rings. The van der Waals surface area contributed by atoms with Crippen molar-refractivity contribution in [2.24, 2.45) is 5.92 Å². The summed E-state index contributed by atoms with van der Waals surface area (Å²) >= 11 is 24.1. The predicted octanol–water partition coefficient (Wildman–Crippen LogP) is 7.09. The number of hydrogen-bond acceptors (Lipinski definition) is 4. The van der Waals surface area contributed by atoms with Gasteiger partial charge < -0.3 is 16.0 Å². The molecule has 0 saturated heterocycles. The van der Waals surface area contributed by atoms with Crippen LogP contribution in [0.1, 0.15) is 37.0 Å². The number of rotatable bonds is 14. The molecule has 3 rings (SSSR count). The van der Waals surface area contributed by atoms with E-state index in [9.17, 15) is 19.2 Å². The van der Waals surface area contributed by atoms with Crippen LogP contribution in [0.2, 0.25) is 20.1 Å². The lowest BCUT2D eigenvalue weighted by Gasteiger charge is -2.26. The van der Waals surface area contributed by atoms with E-state index in [0.717, 1.165) is 5.56 Å². The van der Waals surface area contributed by atoms with Gasteiger partial charge in [-0.25, -0.2) is 0 Å². The first-order valence-electron chi connectivity index (χ1n) is 14.1. The van der Waals surface area contributed by atoms with Crippen LogP contribution in [-0.2, 0) is 32.0 Å². The quantitative estimate of drug-likeness (QED) is 0.123. The zero-order valence-electron chi connectivity index (χ0n) is 24.8. The first-order chi connectivity index (χ1) is 21.7. The number of Topliss-reactive ketones (excluding diaryl/α,β-unsaturated/α-hetero) is 1. The third-order valence-corrected chi connectivity index (χ3v) is 8.25. The lowest BCUT2D eigenvalue weighted by atomic mass is 9.95. The highest BCUT2D eigenvalue weighted by molar-refractivity contribution is 6.42. The maximum atomic E-state index is 15.1. The number of nitrogens with one attached hydrogen (secondary N) is 3. The Labute approximate surface area is 285 Å². The predicted molar refractivity (Wildman–Crippen MR) is 177 cm³/mol. The highest BCUT2D eigenvalue weighted by Gasteiger charge is 2.51. The van der Waals surface area contributed by atoms with E-state index in [1.165, 1.54) is 38.1 Å². The molecule has 3 N–H and O–H groups in total. The number of alkyl halides is 2. The fourth-order valence-electron chi connectivity index (χ4n) is 4.23. The monoisotopic (exact) mass is 711 g/mol. The third-order valence-electron chi connectivity index (χ3n) is 6.77. The standard InChI is InChI=1S/C33H31Cl4F2N3O4/c1-19(2)29(30(44)33(38,39)32(46)40-15-14-20-6-4-3-5-7-20)42-31(45)27(18-22-9-12-24(35)26(37)17-22)41-28(43)13-10-21-8-11-23(34)25(36)16-21/h3-9,11-12,16-19,29H,10,13-15H2,1-2H3,(H,40,46)(H,41,43)(H,42,45)/b27-18+/t29-/m0/s1. The number of hydrogen-bond donors (Lipinski definition) is 3. The number of carbonyl (C=O) groups excluding carboxylic acids is 4. The van der Waals surface area contributed by atoms with Crippen LogP contribution in [0, 0.1) is 5.92 Å². The Morgan fingerprint density at radius 3 is 2.04 bits per heavy atom. The van der Waals surface area contributed by atoms with Gasteiger partial charge in [-0.2, -0.15) is 8.78 Å². The van der Waals surface area contributed by atoms with E-state index in [2.05, 4.69) is 16.0 Å². The lowest BCUT2D eigenvalue weighted by molar-refractivity contribution is -0.160. The van der Waals surface area contributed by atoms with Gasteiger partial charge in [0.1, 0.15) is 5.70 Å². The molecule has 46 heavy (non-hydrogen) atoms. The van der Waals surface area contributed by atoms with Gasteiger partial charge in [0.05, 0.1) is 26.1 Å². The average molecular weight is 713 g/mol. The number of amides is 3. The summed E-state index contributed by atoms with van der Waals surface area (Å²) in [6, 6.07) is 16.4. The van der Waals surface area contributed by atoms with Crippen molar-refractivity contribution in [3.05, 3.63) is 109 Å². The molecule has 3 aromatic rings. The molecule has 3 aromatic carbocycles. The molecular weight excluding hydrogens is 682 g/mol. The van der Waals surface area contributed by atoms with Gasteiger partial charge in [-0.1, -0.05) is 103 Å². The number of carbonyl (C=O) groups is 4. The van der Waals surface area contributed by atoms with Crippen LogP contribution in [-0.4, -0.2) is 42.0 Å². The van der Waals surface area contributed by atoms with Crippen molar-refractivity contribution in [1.82, 2.24) is 16.0 Å². The van der Waals surface area contributed by atoms with Crippen molar-refractivity contribution >= 4 is 76.0 Å². The van der Waals surface area contributed by atoms with Crippen molar-refractivity contribution in [3.8, 4) is 0 Å². The summed E-state index contributed by atoms with van der Waals surface area (Å²) < 4.78 is 30.2. The molecule has 0 bridgehead atoms. The Bertz CT molecular complexity index is 1620. The minimum Gasteiger partial charge on any atom is -0.350 e. The molecule has 0 aromatic heterocycles. The minimum atomic E-state index is -4.45. The van der Waals surface area contributed by atoms with Crippen molar-refractivity contribution in [1.29, 1.82) is 0 Å². The summed E-state index contributed by atoms with van der Waals surface area (Å²) in [5.41, 5.74) is 1.51. The van der Waals surface area contributed by atoms with Gasteiger partial charge in [-0.15, -0.1) is 0 Å². The Morgan fingerprint density at radius 2 is 1.43 bits per heavy atom. The van der Waals surface area contributed by atoms with Crippen LogP contribution in [0.4, 0.5) is 8.78 Å². The van der Waals surface area contributed by atoms with Crippen LogP contribution >= 0.6 is 46.4 Å². The largest absolute Gasteiger partial charge is 0.383 e. The van der Waals surface area contributed by atoms with Gasteiger partial charge in [0, 0.05) is 13.0 Å². The molecule has 0 unspecified atom stereocenters. The highest BCUT2D eigenvalue weighted by Crippen LogP contribution is 2.25. The zero-order chi connectivity index (χ0) is 34.0. The van der Waals surface area contributed by atoms with Crippen LogP contribution < -0.4 is 16.0 Å². The van der Waals surface area contributed by atoms with Gasteiger partial charge in [-0.3, -0.25) is 19.2 Å². The highest BCUT2D eigenvalue weighted by atomic mass is 35.5. The third kappa shape index (κ3) is 10.5. The van der Waals surface area contributed by atoms with E-state index in [4.69, 9.17) is 46.4 Å². The van der Waals surface area contributed by atoms with Crippen LogP contribution in [0.25, 0.3) is 6.08 Å². The van der Waals surface area contributed by atoms with Crippen molar-refractivity contribution in [2.45, 2.75) is 45.1 Å². The molecule has 0 saturated carbocycles. The summed E-state index contributed by atoms with van der Waals surface area (Å²) in [4.78, 5) is 51.8. The average Bonchev–Trinajstić information content (AvgIpc) is 3.01. The fraction of sp³-hybridized carbons (Fsp3) is 0.273. The second-order valence-corrected chi connectivity index (χ2v) is 12.3. The summed E-state index contributed by atoms with van der Waals surface area (Å²) in [6.07, 6.45) is 1.68. The normalized spacial score (nSPS) is 12.4. The molecule has 1 atom stereocenters. The molecule has 0 radical (unpaired) electrons. The minimum absolute atomic E-state index is 0.0856. The first kappa shape index (κ1) is 37.0. The maximum Gasteiger partial charge on any atom is 0.383 e. The van der Waals surface area contributed by atoms with E-state index in [1.54, 1.807) is 48.5 Å². The molecule has 0 spiro atoms. The number of ketones is 1. The maximum absolute atomic E-state index is 15.1. The van der Waals surface area contributed by atoms with E-state index < -0.39 is 41.4 Å². The second-order valence-electron chi connectivity index (χ2n) is 10.7. The molecule has 13 heteroatoms. The van der Waals surface area contributed by atoms with E-state index in [0.29, 0.717) is 21.2 Å². The molecule has 0 fully saturated rings. The zero-order valence-corrected chi connectivity index (χ0v) is 27.8. The van der Waals surface area contributed by atoms with Gasteiger partial charge in [0.15, 0.2) is 0 Å². The molecular formula is C33H31Cl4F2N3O4. The second kappa shape index (κ2) is 16.9. The smallest absolute Gasteiger partial charge is 0.350 e. The van der Waals surface area contributed by atoms with Gasteiger partial charge in [0.2, 0.25) is 11.7 Å². The Hall–Kier alpha value is -3.50. The lowest BCUT2D eigenvalue weighted by Crippen LogP contribution is -2.57. The van der Waals surface area contributed by atoms with E-state index >= 15 is 8.78 Å². The molecule has 0 heterocycles. The summed E-state index contributed by atoms with van der Waals surface area (Å²) in [7, 11) is 0. The van der Waals surface area contributed by atoms with Gasteiger partial charge in [0.25, 0.3) is 11.8 Å². The van der Waals surface area contributed by atoms with Crippen LogP contribution in [0.3, 0.4) is 0 Å². The van der Waals surface area contributed by atoms with Crippen LogP contribution in [0.5, 0.6) is 0 Å². The van der Waals surface area contributed by atoms with E-state index in [-0.39, 0.29) is 41.5 Å². The van der Waals surface area contributed by atoms with Crippen molar-refractivity contribution < 1.29 is 28.0 Å². The first-order valence-corrected chi connectivity index (χ1v) is 15.7. The van der Waals surface area contributed by atoms with Crippen molar-refractivity contribution in [2.75, 3.05) is 6.54 Å². The SMILES string of the molecule is CC(C)[C@H](NC(=O)/C(=C\c1ccc(Cl)c(Cl)c1)NC(=O)CCc1ccc(Cl)c(Cl)c1)C(=O)C(F)(F)C(=O)NCCc1ccccc1. The Kier molecular flexibility index (Phi) is 13.6. The summed E-state index contributed by atoms with van der Waals surface area (Å²) in [5, 5.41) is 7.91.